The van der Waals surface area contributed by atoms with E-state index in [1.165, 1.54) is 12.2 Å². The van der Waals surface area contributed by atoms with Crippen molar-refractivity contribution < 1.29 is 9.47 Å². The lowest BCUT2D eigenvalue weighted by molar-refractivity contribution is 0.333. The molecule has 8 heavy (non-hydrogen) atoms. The summed E-state index contributed by atoms with van der Waals surface area (Å²) in [6, 6.07) is 0. The van der Waals surface area contributed by atoms with Crippen LogP contribution < -0.4 is 0 Å². The van der Waals surface area contributed by atoms with Crippen LogP contribution in [0.3, 0.4) is 0 Å². The molecule has 0 bridgehead atoms. The van der Waals surface area contributed by atoms with E-state index in [4.69, 9.17) is 9.47 Å². The summed E-state index contributed by atoms with van der Waals surface area (Å²) in [6.45, 7) is 0. The Morgan fingerprint density at radius 3 is 3.38 bits per heavy atom. The van der Waals surface area contributed by atoms with Crippen LogP contribution in [0.1, 0.15) is 12.8 Å². The highest BCUT2D eigenvalue weighted by molar-refractivity contribution is 5.30. The molecule has 2 heteroatoms. The second-order valence-electron chi connectivity index (χ2n) is 2.52. The Labute approximate surface area is 47.1 Å². The van der Waals surface area contributed by atoms with Crippen molar-refractivity contribution in [3.8, 4) is 0 Å². The van der Waals surface area contributed by atoms with E-state index in [2.05, 4.69) is 0 Å². The Balaban J connectivity index is 2.05. The zero-order valence-corrected chi connectivity index (χ0v) is 4.39. The predicted molar refractivity (Wildman–Crippen MR) is 26.0 cm³/mol. The van der Waals surface area contributed by atoms with Gasteiger partial charge in [-0.2, -0.15) is 0 Å². The number of fused-ring (bicyclic) bond motifs is 2. The molecule has 0 aromatic rings. The largest absolute Gasteiger partial charge is 0.456 e. The first-order valence-corrected chi connectivity index (χ1v) is 3.01. The molecule has 2 atom stereocenters. The van der Waals surface area contributed by atoms with E-state index in [-0.39, 0.29) is 0 Å². The van der Waals surface area contributed by atoms with Gasteiger partial charge >= 0.3 is 0 Å². The SMILES string of the molecule is C1CC2OC2C2=C1O2. The van der Waals surface area contributed by atoms with Crippen molar-refractivity contribution in [3.05, 3.63) is 11.5 Å². The monoisotopic (exact) mass is 110 g/mol. The summed E-state index contributed by atoms with van der Waals surface area (Å²) in [5.41, 5.74) is 0. The highest BCUT2D eigenvalue weighted by atomic mass is 16.6. The van der Waals surface area contributed by atoms with E-state index >= 15 is 0 Å². The zero-order valence-electron chi connectivity index (χ0n) is 4.39. The van der Waals surface area contributed by atoms with Crippen molar-refractivity contribution in [1.29, 1.82) is 0 Å². The third-order valence-electron chi connectivity index (χ3n) is 1.96. The second-order valence-corrected chi connectivity index (χ2v) is 2.52. The van der Waals surface area contributed by atoms with Crippen LogP contribution in [0.15, 0.2) is 11.5 Å². The lowest BCUT2D eigenvalue weighted by atomic mass is 10.1. The quantitative estimate of drug-likeness (QED) is 0.431. The Kier molecular flexibility index (Phi) is 0.359. The van der Waals surface area contributed by atoms with Crippen molar-refractivity contribution in [2.75, 3.05) is 0 Å². The van der Waals surface area contributed by atoms with E-state index in [0.717, 1.165) is 12.2 Å². The molecule has 0 saturated carbocycles. The number of epoxide rings is 1. The Morgan fingerprint density at radius 2 is 2.50 bits per heavy atom. The van der Waals surface area contributed by atoms with Gasteiger partial charge in [-0.25, -0.2) is 0 Å². The van der Waals surface area contributed by atoms with Gasteiger partial charge < -0.3 is 9.47 Å². The Morgan fingerprint density at radius 1 is 1.50 bits per heavy atom. The molecule has 0 amide bonds. The number of hydrogen-bond acceptors (Lipinski definition) is 2. The van der Waals surface area contributed by atoms with Crippen LogP contribution in [-0.2, 0) is 9.47 Å². The van der Waals surface area contributed by atoms with Crippen LogP contribution in [0.4, 0.5) is 0 Å². The van der Waals surface area contributed by atoms with E-state index in [1.54, 1.807) is 0 Å². The minimum absolute atomic E-state index is 0.402. The Hall–Kier alpha value is -0.500. The highest BCUT2D eigenvalue weighted by Gasteiger charge is 2.54. The van der Waals surface area contributed by atoms with Crippen LogP contribution in [0.25, 0.3) is 0 Å². The minimum Gasteiger partial charge on any atom is -0.456 e. The molecule has 0 spiro atoms. The number of rotatable bonds is 0. The lowest BCUT2D eigenvalue weighted by Gasteiger charge is -1.85. The van der Waals surface area contributed by atoms with Crippen LogP contribution in [0.2, 0.25) is 0 Å². The molecular formula is C6H6O2. The summed E-state index contributed by atoms with van der Waals surface area (Å²) in [5, 5.41) is 0. The van der Waals surface area contributed by atoms with E-state index < -0.39 is 0 Å². The predicted octanol–water partition coefficient (Wildman–Crippen LogP) is 0.789. The first-order chi connectivity index (χ1) is 3.95. The average Bonchev–Trinajstić information content (AvgIpc) is 2.59. The third-order valence-corrected chi connectivity index (χ3v) is 1.96. The highest BCUT2D eigenvalue weighted by Crippen LogP contribution is 2.49. The maximum absolute atomic E-state index is 5.25. The molecule has 1 aliphatic carbocycles. The normalized spacial score (nSPS) is 47.0. The summed E-state index contributed by atoms with van der Waals surface area (Å²) in [6.07, 6.45) is 3.25. The van der Waals surface area contributed by atoms with Gasteiger partial charge in [-0.05, 0) is 6.42 Å². The van der Waals surface area contributed by atoms with Gasteiger partial charge in [0.1, 0.15) is 11.9 Å². The van der Waals surface area contributed by atoms with Gasteiger partial charge in [0, 0.05) is 6.42 Å². The molecule has 0 radical (unpaired) electrons. The summed E-state index contributed by atoms with van der Waals surface area (Å²) >= 11 is 0. The first kappa shape index (κ1) is 3.51. The number of ether oxygens (including phenoxy) is 2. The van der Waals surface area contributed by atoms with Crippen molar-refractivity contribution in [2.45, 2.75) is 25.0 Å². The number of allylic oxidation sites excluding steroid dienone is 1. The standard InChI is InChI=1S/C6H6O2/c1-2-4-6(8-4)5-3(1)7-5/h3,5H,1-2H2. The van der Waals surface area contributed by atoms with Gasteiger partial charge in [0.2, 0.25) is 0 Å². The summed E-state index contributed by atoms with van der Waals surface area (Å²) in [7, 11) is 0. The molecule has 0 aromatic carbocycles. The maximum atomic E-state index is 5.25. The minimum atomic E-state index is 0.402. The van der Waals surface area contributed by atoms with Gasteiger partial charge in [0.15, 0.2) is 5.76 Å². The first-order valence-electron chi connectivity index (χ1n) is 3.01. The van der Waals surface area contributed by atoms with E-state index in [9.17, 15) is 0 Å². The van der Waals surface area contributed by atoms with Crippen molar-refractivity contribution in [2.24, 2.45) is 0 Å². The fourth-order valence-corrected chi connectivity index (χ4v) is 1.36. The van der Waals surface area contributed by atoms with Crippen LogP contribution >= 0.6 is 0 Å². The van der Waals surface area contributed by atoms with Gasteiger partial charge in [0.25, 0.3) is 0 Å². The van der Waals surface area contributed by atoms with Crippen molar-refractivity contribution in [1.82, 2.24) is 0 Å². The fraction of sp³-hybridized carbons (Fsp3) is 0.667. The van der Waals surface area contributed by atoms with Gasteiger partial charge in [-0.3, -0.25) is 0 Å². The fourth-order valence-electron chi connectivity index (χ4n) is 1.36. The molecule has 3 rings (SSSR count). The maximum Gasteiger partial charge on any atom is 0.173 e. The van der Waals surface area contributed by atoms with E-state index in [1.807, 2.05) is 0 Å². The van der Waals surface area contributed by atoms with Crippen LogP contribution in [0.5, 0.6) is 0 Å². The van der Waals surface area contributed by atoms with Crippen molar-refractivity contribution in [3.63, 3.8) is 0 Å². The van der Waals surface area contributed by atoms with Gasteiger partial charge in [-0.1, -0.05) is 0 Å². The summed E-state index contributed by atoms with van der Waals surface area (Å²) in [5.74, 6) is 2.37. The lowest BCUT2D eigenvalue weighted by Crippen LogP contribution is -1.93. The molecule has 2 heterocycles. The second kappa shape index (κ2) is 0.818. The molecule has 2 nitrogen and oxygen atoms in total. The smallest absolute Gasteiger partial charge is 0.173 e. The average molecular weight is 110 g/mol. The molecular weight excluding hydrogens is 104 g/mol. The summed E-state index contributed by atoms with van der Waals surface area (Å²) < 4.78 is 10.4. The van der Waals surface area contributed by atoms with Crippen molar-refractivity contribution >= 4 is 0 Å². The molecule has 2 unspecified atom stereocenters. The molecule has 1 saturated heterocycles. The zero-order chi connectivity index (χ0) is 5.14. The van der Waals surface area contributed by atoms with Gasteiger partial charge in [0.05, 0.1) is 6.10 Å². The van der Waals surface area contributed by atoms with E-state index in [0.29, 0.717) is 12.2 Å². The van der Waals surface area contributed by atoms with Crippen LogP contribution in [0, 0.1) is 0 Å². The van der Waals surface area contributed by atoms with Crippen LogP contribution in [-0.4, -0.2) is 12.2 Å². The van der Waals surface area contributed by atoms with Gasteiger partial charge in [-0.15, -0.1) is 0 Å². The topological polar surface area (TPSA) is 25.1 Å². The molecule has 0 N–H and O–H groups in total. The third kappa shape index (κ3) is 0.265. The number of hydrogen-bond donors (Lipinski definition) is 0. The molecule has 1 fully saturated rings. The molecule has 0 aromatic heterocycles. The molecule has 2 aliphatic heterocycles. The molecule has 3 aliphatic rings. The summed E-state index contributed by atoms with van der Waals surface area (Å²) in [4.78, 5) is 0. The Bertz CT molecular complexity index is 183. The molecule has 42 valence electrons.